The number of hydrogen-bond donors (Lipinski definition) is 1. The lowest BCUT2D eigenvalue weighted by Gasteiger charge is -2.39. The fraction of sp³-hybridized carbons (Fsp3) is 0.571. The van der Waals surface area contributed by atoms with Crippen molar-refractivity contribution in [2.45, 2.75) is 44.1 Å². The maximum Gasteiger partial charge on any atom is 0.248 e. The molecule has 0 amide bonds. The molecule has 1 saturated carbocycles. The molecule has 18 heavy (non-hydrogen) atoms. The summed E-state index contributed by atoms with van der Waals surface area (Å²) in [4.78, 5) is 0. The maximum atomic E-state index is 13.3. The van der Waals surface area contributed by atoms with Crippen LogP contribution in [0.3, 0.4) is 0 Å². The van der Waals surface area contributed by atoms with Crippen LogP contribution in [-0.4, -0.2) is 13.0 Å². The standard InChI is InChI=1S/C14H19F2NO/c1-10-4-3-5-11(18-2)12(10)13(17)6-8-14(15,16)9-7-13/h3-5H,6-9,17H2,1-2H3. The van der Waals surface area contributed by atoms with Crippen LogP contribution in [0.1, 0.15) is 36.8 Å². The first-order valence-electron chi connectivity index (χ1n) is 6.19. The average Bonchev–Trinajstić information content (AvgIpc) is 2.33. The summed E-state index contributed by atoms with van der Waals surface area (Å²) in [5.41, 5.74) is 7.55. The number of benzene rings is 1. The first-order chi connectivity index (χ1) is 8.38. The molecule has 0 aliphatic heterocycles. The maximum absolute atomic E-state index is 13.3. The summed E-state index contributed by atoms with van der Waals surface area (Å²) in [5.74, 6) is -1.87. The van der Waals surface area contributed by atoms with Crippen LogP contribution in [0.2, 0.25) is 0 Å². The first kappa shape index (κ1) is 13.3. The molecule has 1 fully saturated rings. The van der Waals surface area contributed by atoms with Crippen LogP contribution in [0.25, 0.3) is 0 Å². The van der Waals surface area contributed by atoms with Gasteiger partial charge in [-0.2, -0.15) is 0 Å². The van der Waals surface area contributed by atoms with Crippen molar-refractivity contribution in [3.05, 3.63) is 29.3 Å². The van der Waals surface area contributed by atoms with Gasteiger partial charge < -0.3 is 10.5 Å². The summed E-state index contributed by atoms with van der Waals surface area (Å²) in [6.45, 7) is 1.94. The van der Waals surface area contributed by atoms with E-state index in [1.165, 1.54) is 0 Å². The Morgan fingerprint density at radius 2 is 1.78 bits per heavy atom. The normalized spacial score (nSPS) is 21.6. The van der Waals surface area contributed by atoms with Crippen LogP contribution in [0.5, 0.6) is 5.75 Å². The van der Waals surface area contributed by atoms with Gasteiger partial charge in [-0.15, -0.1) is 0 Å². The van der Waals surface area contributed by atoms with Gasteiger partial charge in [0.1, 0.15) is 5.75 Å². The van der Waals surface area contributed by atoms with Crippen molar-refractivity contribution in [1.82, 2.24) is 0 Å². The molecule has 0 saturated heterocycles. The van der Waals surface area contributed by atoms with Gasteiger partial charge in [0.15, 0.2) is 0 Å². The van der Waals surface area contributed by atoms with Crippen molar-refractivity contribution < 1.29 is 13.5 Å². The molecule has 1 aromatic carbocycles. The van der Waals surface area contributed by atoms with E-state index in [-0.39, 0.29) is 12.8 Å². The van der Waals surface area contributed by atoms with Crippen molar-refractivity contribution >= 4 is 0 Å². The van der Waals surface area contributed by atoms with Crippen LogP contribution in [0, 0.1) is 6.92 Å². The molecule has 0 spiro atoms. The van der Waals surface area contributed by atoms with Crippen LogP contribution in [0.15, 0.2) is 18.2 Å². The third kappa shape index (κ3) is 2.34. The molecule has 0 unspecified atom stereocenters. The number of alkyl halides is 2. The molecule has 2 N–H and O–H groups in total. The molecule has 0 aromatic heterocycles. The number of aryl methyl sites for hydroxylation is 1. The van der Waals surface area contributed by atoms with Gasteiger partial charge in [0.25, 0.3) is 0 Å². The zero-order chi connectivity index (χ0) is 13.4. The van der Waals surface area contributed by atoms with E-state index < -0.39 is 11.5 Å². The zero-order valence-electron chi connectivity index (χ0n) is 10.8. The Balaban J connectivity index is 2.37. The second-order valence-corrected chi connectivity index (χ2v) is 5.16. The summed E-state index contributed by atoms with van der Waals surface area (Å²) in [5, 5.41) is 0. The first-order valence-corrected chi connectivity index (χ1v) is 6.19. The lowest BCUT2D eigenvalue weighted by Crippen LogP contribution is -2.44. The topological polar surface area (TPSA) is 35.2 Å². The van der Waals surface area contributed by atoms with Gasteiger partial charge in [0.2, 0.25) is 5.92 Å². The Hall–Kier alpha value is -1.16. The third-order valence-corrected chi connectivity index (χ3v) is 3.83. The summed E-state index contributed by atoms with van der Waals surface area (Å²) in [7, 11) is 1.58. The summed E-state index contributed by atoms with van der Waals surface area (Å²) in [6.07, 6.45) is 0.282. The minimum atomic E-state index is -2.57. The van der Waals surface area contributed by atoms with Gasteiger partial charge in [0, 0.05) is 23.9 Å². The zero-order valence-corrected chi connectivity index (χ0v) is 10.8. The predicted octanol–water partition coefficient (Wildman–Crippen LogP) is 3.37. The number of halogens is 2. The van der Waals surface area contributed by atoms with Gasteiger partial charge in [-0.25, -0.2) is 8.78 Å². The molecule has 0 heterocycles. The SMILES string of the molecule is COc1cccc(C)c1C1(N)CCC(F)(F)CC1. The molecule has 1 aliphatic carbocycles. The van der Waals surface area contributed by atoms with Crippen molar-refractivity contribution in [2.24, 2.45) is 5.73 Å². The summed E-state index contributed by atoms with van der Waals surface area (Å²) < 4.78 is 31.8. The van der Waals surface area contributed by atoms with Gasteiger partial charge in [-0.3, -0.25) is 0 Å². The molecule has 1 aromatic rings. The molecule has 2 rings (SSSR count). The molecule has 0 atom stereocenters. The van der Waals surface area contributed by atoms with Crippen LogP contribution in [0.4, 0.5) is 8.78 Å². The monoisotopic (exact) mass is 255 g/mol. The van der Waals surface area contributed by atoms with Gasteiger partial charge in [-0.1, -0.05) is 12.1 Å². The number of hydrogen-bond acceptors (Lipinski definition) is 2. The van der Waals surface area contributed by atoms with Crippen molar-refractivity contribution in [2.75, 3.05) is 7.11 Å². The Bertz CT molecular complexity index is 435. The van der Waals surface area contributed by atoms with Gasteiger partial charge >= 0.3 is 0 Å². The molecular weight excluding hydrogens is 236 g/mol. The van der Waals surface area contributed by atoms with E-state index in [2.05, 4.69) is 0 Å². The Kier molecular flexibility index (Phi) is 3.32. The molecule has 0 radical (unpaired) electrons. The van der Waals surface area contributed by atoms with E-state index in [4.69, 9.17) is 10.5 Å². The smallest absolute Gasteiger partial charge is 0.248 e. The van der Waals surface area contributed by atoms with E-state index in [0.717, 1.165) is 11.1 Å². The number of methoxy groups -OCH3 is 1. The molecule has 1 aliphatic rings. The lowest BCUT2D eigenvalue weighted by atomic mass is 9.74. The van der Waals surface area contributed by atoms with Crippen molar-refractivity contribution in [1.29, 1.82) is 0 Å². The minimum Gasteiger partial charge on any atom is -0.496 e. The third-order valence-electron chi connectivity index (χ3n) is 3.83. The van der Waals surface area contributed by atoms with Crippen LogP contribution in [-0.2, 0) is 5.54 Å². The molecule has 0 bridgehead atoms. The highest BCUT2D eigenvalue weighted by atomic mass is 19.3. The van der Waals surface area contributed by atoms with E-state index in [9.17, 15) is 8.78 Å². The Morgan fingerprint density at radius 1 is 1.17 bits per heavy atom. The molecular formula is C14H19F2NO. The number of nitrogens with two attached hydrogens (primary N) is 1. The molecule has 4 heteroatoms. The summed E-state index contributed by atoms with van der Waals surface area (Å²) >= 11 is 0. The van der Waals surface area contributed by atoms with Crippen LogP contribution >= 0.6 is 0 Å². The highest BCUT2D eigenvalue weighted by Gasteiger charge is 2.43. The van der Waals surface area contributed by atoms with Gasteiger partial charge in [-0.05, 0) is 31.4 Å². The quantitative estimate of drug-likeness (QED) is 0.879. The second-order valence-electron chi connectivity index (χ2n) is 5.16. The average molecular weight is 255 g/mol. The van der Waals surface area contributed by atoms with E-state index in [1.54, 1.807) is 7.11 Å². The highest BCUT2D eigenvalue weighted by molar-refractivity contribution is 5.45. The van der Waals surface area contributed by atoms with E-state index in [1.807, 2.05) is 25.1 Å². The predicted molar refractivity (Wildman–Crippen MR) is 67.0 cm³/mol. The number of rotatable bonds is 2. The largest absolute Gasteiger partial charge is 0.496 e. The molecule has 100 valence electrons. The second kappa shape index (κ2) is 4.50. The van der Waals surface area contributed by atoms with Gasteiger partial charge in [0.05, 0.1) is 7.11 Å². The summed E-state index contributed by atoms with van der Waals surface area (Å²) in [6, 6.07) is 5.67. The number of ether oxygens (including phenoxy) is 1. The Labute approximate surface area is 106 Å². The van der Waals surface area contributed by atoms with Crippen molar-refractivity contribution in [3.8, 4) is 5.75 Å². The minimum absolute atomic E-state index is 0.152. The van der Waals surface area contributed by atoms with Crippen LogP contribution < -0.4 is 10.5 Å². The van der Waals surface area contributed by atoms with Crippen molar-refractivity contribution in [3.63, 3.8) is 0 Å². The Morgan fingerprint density at radius 3 is 2.33 bits per heavy atom. The fourth-order valence-electron chi connectivity index (χ4n) is 2.76. The van der Waals surface area contributed by atoms with E-state index in [0.29, 0.717) is 18.6 Å². The highest BCUT2D eigenvalue weighted by Crippen LogP contribution is 2.45. The molecule has 2 nitrogen and oxygen atoms in total. The van der Waals surface area contributed by atoms with E-state index >= 15 is 0 Å². The lowest BCUT2D eigenvalue weighted by molar-refractivity contribution is -0.0517. The fourth-order valence-corrected chi connectivity index (χ4v) is 2.76.